The van der Waals surface area contributed by atoms with Gasteiger partial charge in [-0.1, -0.05) is 17.7 Å². The Morgan fingerprint density at radius 3 is 2.57 bits per heavy atom. The van der Waals surface area contributed by atoms with Crippen molar-refractivity contribution in [2.45, 2.75) is 23.9 Å². The van der Waals surface area contributed by atoms with Crippen molar-refractivity contribution in [1.29, 1.82) is 0 Å². The molecule has 1 amide bonds. The Kier molecular flexibility index (Phi) is 6.45. The highest BCUT2D eigenvalue weighted by atomic mass is 35.5. The number of aromatic nitrogens is 1. The molecule has 146 valence electrons. The predicted molar refractivity (Wildman–Crippen MR) is 104 cm³/mol. The first-order valence-electron chi connectivity index (χ1n) is 8.41. The number of sulfonamides is 1. The highest BCUT2D eigenvalue weighted by molar-refractivity contribution is 7.89. The molecule has 3 rings (SSSR count). The van der Waals surface area contributed by atoms with Crippen molar-refractivity contribution >= 4 is 27.5 Å². The van der Waals surface area contributed by atoms with Crippen LogP contribution in [0.1, 0.15) is 23.8 Å². The number of nitrogens with zero attached hydrogens (tertiary/aromatic N) is 1. The second-order valence-corrected chi connectivity index (χ2v) is 8.14. The lowest BCUT2D eigenvalue weighted by atomic mass is 10.1. The third kappa shape index (κ3) is 5.41. The maximum atomic E-state index is 12.7. The maximum absolute atomic E-state index is 12.7. The number of furan rings is 1. The fraction of sp³-hybridized carbons (Fsp3) is 0.158. The van der Waals surface area contributed by atoms with Crippen LogP contribution in [-0.2, 0) is 21.4 Å². The van der Waals surface area contributed by atoms with Gasteiger partial charge in [0.1, 0.15) is 5.76 Å². The average Bonchev–Trinajstić information content (AvgIpc) is 3.22. The lowest BCUT2D eigenvalue weighted by molar-refractivity contribution is -0.121. The molecular weight excluding hydrogens is 402 g/mol. The van der Waals surface area contributed by atoms with E-state index in [-0.39, 0.29) is 17.2 Å². The number of amides is 1. The monoisotopic (exact) mass is 419 g/mol. The van der Waals surface area contributed by atoms with Gasteiger partial charge < -0.3 is 9.73 Å². The second kappa shape index (κ2) is 9.01. The summed E-state index contributed by atoms with van der Waals surface area (Å²) in [5.41, 5.74) is 0.840. The Labute approximate surface area is 167 Å². The van der Waals surface area contributed by atoms with Gasteiger partial charge in [-0.05, 0) is 48.0 Å². The summed E-state index contributed by atoms with van der Waals surface area (Å²) in [6.07, 6.45) is 4.59. The third-order valence-corrected chi connectivity index (χ3v) is 5.65. The number of carbonyl (C=O) groups is 1. The molecule has 0 aliphatic carbocycles. The quantitative estimate of drug-likeness (QED) is 0.584. The molecule has 1 atom stereocenters. The fourth-order valence-electron chi connectivity index (χ4n) is 2.52. The van der Waals surface area contributed by atoms with Crippen LogP contribution in [0.3, 0.4) is 0 Å². The van der Waals surface area contributed by atoms with Gasteiger partial charge in [0.2, 0.25) is 15.9 Å². The number of halogens is 1. The van der Waals surface area contributed by atoms with E-state index in [1.54, 1.807) is 30.6 Å². The van der Waals surface area contributed by atoms with Crippen molar-refractivity contribution in [1.82, 2.24) is 15.0 Å². The van der Waals surface area contributed by atoms with Crippen LogP contribution in [-0.4, -0.2) is 19.3 Å². The Morgan fingerprint density at radius 1 is 1.14 bits per heavy atom. The summed E-state index contributed by atoms with van der Waals surface area (Å²) in [7, 11) is -3.87. The van der Waals surface area contributed by atoms with Crippen LogP contribution in [0.4, 0.5) is 0 Å². The topological polar surface area (TPSA) is 101 Å². The van der Waals surface area contributed by atoms with E-state index in [0.29, 0.717) is 17.3 Å². The van der Waals surface area contributed by atoms with Gasteiger partial charge in [0.25, 0.3) is 0 Å². The average molecular weight is 420 g/mol. The molecule has 0 bridgehead atoms. The largest absolute Gasteiger partial charge is 0.468 e. The van der Waals surface area contributed by atoms with E-state index in [1.807, 2.05) is 6.07 Å². The molecule has 2 heterocycles. The third-order valence-electron chi connectivity index (χ3n) is 3.91. The van der Waals surface area contributed by atoms with E-state index >= 15 is 0 Å². The number of benzene rings is 1. The summed E-state index contributed by atoms with van der Waals surface area (Å²) in [6, 6.07) is 11.8. The van der Waals surface area contributed by atoms with Crippen molar-refractivity contribution in [2.24, 2.45) is 0 Å². The minimum Gasteiger partial charge on any atom is -0.468 e. The number of hydrogen-bond donors (Lipinski definition) is 2. The van der Waals surface area contributed by atoms with Crippen LogP contribution in [0.2, 0.25) is 5.02 Å². The molecule has 3 aromatic rings. The Morgan fingerprint density at radius 2 is 1.93 bits per heavy atom. The van der Waals surface area contributed by atoms with Crippen molar-refractivity contribution < 1.29 is 17.6 Å². The molecule has 28 heavy (non-hydrogen) atoms. The molecule has 7 nitrogen and oxygen atoms in total. The van der Waals surface area contributed by atoms with Crippen molar-refractivity contribution in [3.63, 3.8) is 0 Å². The van der Waals surface area contributed by atoms with Crippen molar-refractivity contribution in [2.75, 3.05) is 0 Å². The maximum Gasteiger partial charge on any atom is 0.241 e. The van der Waals surface area contributed by atoms with Crippen LogP contribution in [0.25, 0.3) is 0 Å². The summed E-state index contributed by atoms with van der Waals surface area (Å²) in [6.45, 7) is 0.293. The Hall–Kier alpha value is -2.68. The van der Waals surface area contributed by atoms with Gasteiger partial charge in [-0.3, -0.25) is 9.78 Å². The van der Waals surface area contributed by atoms with Crippen LogP contribution < -0.4 is 10.0 Å². The van der Waals surface area contributed by atoms with E-state index in [9.17, 15) is 13.2 Å². The zero-order valence-corrected chi connectivity index (χ0v) is 16.3. The smallest absolute Gasteiger partial charge is 0.241 e. The van der Waals surface area contributed by atoms with E-state index in [1.165, 1.54) is 30.5 Å². The summed E-state index contributed by atoms with van der Waals surface area (Å²) in [5.74, 6) is 0.0122. The van der Waals surface area contributed by atoms with Gasteiger partial charge in [0.05, 0.1) is 23.6 Å². The highest BCUT2D eigenvalue weighted by Crippen LogP contribution is 2.22. The second-order valence-electron chi connectivity index (χ2n) is 5.99. The molecule has 0 aliphatic heterocycles. The molecule has 0 unspecified atom stereocenters. The first kappa shape index (κ1) is 20.1. The van der Waals surface area contributed by atoms with Gasteiger partial charge in [0.15, 0.2) is 0 Å². The van der Waals surface area contributed by atoms with E-state index in [0.717, 1.165) is 5.56 Å². The minimum atomic E-state index is -3.87. The van der Waals surface area contributed by atoms with Gasteiger partial charge in [-0.25, -0.2) is 8.42 Å². The molecule has 0 spiro atoms. The van der Waals surface area contributed by atoms with Crippen molar-refractivity contribution in [3.05, 3.63) is 83.5 Å². The first-order valence-corrected chi connectivity index (χ1v) is 10.3. The van der Waals surface area contributed by atoms with E-state index in [2.05, 4.69) is 15.0 Å². The van der Waals surface area contributed by atoms with Gasteiger partial charge in [-0.15, -0.1) is 0 Å². The minimum absolute atomic E-state index is 0.0456. The summed E-state index contributed by atoms with van der Waals surface area (Å²) >= 11 is 5.82. The fourth-order valence-corrected chi connectivity index (χ4v) is 3.85. The number of nitrogens with one attached hydrogen (secondary N) is 2. The van der Waals surface area contributed by atoms with E-state index in [4.69, 9.17) is 16.0 Å². The molecule has 1 aromatic carbocycles. The molecule has 0 fully saturated rings. The number of carbonyl (C=O) groups excluding carboxylic acids is 1. The molecule has 0 saturated heterocycles. The van der Waals surface area contributed by atoms with Gasteiger partial charge in [0, 0.05) is 24.0 Å². The van der Waals surface area contributed by atoms with Crippen LogP contribution >= 0.6 is 11.6 Å². The van der Waals surface area contributed by atoms with Crippen LogP contribution in [0.15, 0.2) is 76.5 Å². The molecule has 9 heteroatoms. The Bertz CT molecular complexity index is 1010. The molecular formula is C19H18ClN3O4S. The van der Waals surface area contributed by atoms with Crippen LogP contribution in [0, 0.1) is 0 Å². The lowest BCUT2D eigenvalue weighted by Gasteiger charge is -2.17. The number of pyridine rings is 1. The molecule has 2 N–H and O–H groups in total. The lowest BCUT2D eigenvalue weighted by Crippen LogP contribution is -2.33. The Balaban J connectivity index is 1.71. The summed E-state index contributed by atoms with van der Waals surface area (Å²) < 4.78 is 33.2. The number of hydrogen-bond acceptors (Lipinski definition) is 5. The first-order chi connectivity index (χ1) is 13.4. The molecule has 2 aromatic heterocycles. The standard InChI is InChI=1S/C19H18ClN3O4S/c20-15-5-7-16(8-6-15)28(25,26)23-17(18-4-2-10-27-18)11-19(24)22-13-14-3-1-9-21-12-14/h1-10,12,17,23H,11,13H2,(H,22,24)/t17-/m1/s1. The van der Waals surface area contributed by atoms with Gasteiger partial charge >= 0.3 is 0 Å². The highest BCUT2D eigenvalue weighted by Gasteiger charge is 2.25. The zero-order chi connectivity index (χ0) is 20.0. The molecule has 0 radical (unpaired) electrons. The summed E-state index contributed by atoms with van der Waals surface area (Å²) in [4.78, 5) is 16.4. The van der Waals surface area contributed by atoms with E-state index < -0.39 is 16.1 Å². The molecule has 0 aliphatic rings. The van der Waals surface area contributed by atoms with Gasteiger partial charge in [-0.2, -0.15) is 4.72 Å². The SMILES string of the molecule is O=C(C[C@@H](NS(=O)(=O)c1ccc(Cl)cc1)c1ccco1)NCc1cccnc1. The molecule has 0 saturated carbocycles. The van der Waals surface area contributed by atoms with Crippen LogP contribution in [0.5, 0.6) is 0 Å². The number of rotatable bonds is 8. The van der Waals surface area contributed by atoms with Crippen molar-refractivity contribution in [3.8, 4) is 0 Å². The zero-order valence-electron chi connectivity index (χ0n) is 14.7. The normalized spacial score (nSPS) is 12.5. The predicted octanol–water partition coefficient (Wildman–Crippen LogP) is 3.05. The summed E-state index contributed by atoms with van der Waals surface area (Å²) in [5, 5.41) is 3.18.